The molecule has 0 aliphatic heterocycles. The number of aliphatic carboxylic acids is 1. The van der Waals surface area contributed by atoms with Crippen LogP contribution in [-0.4, -0.2) is 23.1 Å². The highest BCUT2D eigenvalue weighted by Crippen LogP contribution is 2.32. The molecule has 4 nitrogen and oxygen atoms in total. The van der Waals surface area contributed by atoms with Gasteiger partial charge in [-0.25, -0.2) is 0 Å². The van der Waals surface area contributed by atoms with Crippen LogP contribution >= 0.6 is 0 Å². The predicted molar refractivity (Wildman–Crippen MR) is 95.8 cm³/mol. The zero-order valence-electron chi connectivity index (χ0n) is 15.8. The number of hydrogen-bond donors (Lipinski definition) is 1. The lowest BCUT2D eigenvalue weighted by Crippen LogP contribution is -2.35. The summed E-state index contributed by atoms with van der Waals surface area (Å²) in [5.41, 5.74) is 0. The van der Waals surface area contributed by atoms with E-state index in [1.165, 1.54) is 12.8 Å². The van der Waals surface area contributed by atoms with E-state index in [0.29, 0.717) is 18.8 Å². The Hall–Kier alpha value is -1.06. The number of carboxylic acid groups (broad SMARTS) is 1. The molecule has 3 unspecified atom stereocenters. The summed E-state index contributed by atoms with van der Waals surface area (Å²) in [6.07, 6.45) is 10.4. The number of carboxylic acids is 1. The molecule has 0 heterocycles. The van der Waals surface area contributed by atoms with Gasteiger partial charge in [0.25, 0.3) is 0 Å². The Kier molecular flexibility index (Phi) is 10.0. The van der Waals surface area contributed by atoms with Crippen molar-refractivity contribution in [3.05, 3.63) is 0 Å². The summed E-state index contributed by atoms with van der Waals surface area (Å²) < 4.78 is 5.78. The summed E-state index contributed by atoms with van der Waals surface area (Å²) in [4.78, 5) is 23.9. The van der Waals surface area contributed by atoms with Crippen LogP contribution in [-0.2, 0) is 14.3 Å². The average molecular weight is 341 g/mol. The van der Waals surface area contributed by atoms with Gasteiger partial charge in [-0.1, -0.05) is 59.3 Å². The van der Waals surface area contributed by atoms with Crippen LogP contribution in [0.2, 0.25) is 0 Å². The van der Waals surface area contributed by atoms with E-state index >= 15 is 0 Å². The lowest BCUT2D eigenvalue weighted by molar-refractivity contribution is -0.164. The second kappa shape index (κ2) is 11.5. The lowest BCUT2D eigenvalue weighted by atomic mass is 9.79. The number of carbonyl (C=O) groups is 2. The normalized spacial score (nSPS) is 22.3. The van der Waals surface area contributed by atoms with Crippen molar-refractivity contribution in [2.45, 2.75) is 97.5 Å². The molecule has 1 aliphatic carbocycles. The molecule has 24 heavy (non-hydrogen) atoms. The lowest BCUT2D eigenvalue weighted by Gasteiger charge is -2.28. The summed E-state index contributed by atoms with van der Waals surface area (Å²) in [5, 5.41) is 9.35. The van der Waals surface area contributed by atoms with Gasteiger partial charge < -0.3 is 9.84 Å². The largest absolute Gasteiger partial charge is 0.481 e. The smallest absolute Gasteiger partial charge is 0.310 e. The molecule has 1 fully saturated rings. The molecule has 0 saturated heterocycles. The van der Waals surface area contributed by atoms with Crippen LogP contribution in [0.25, 0.3) is 0 Å². The monoisotopic (exact) mass is 340 g/mol. The second-order valence-electron chi connectivity index (χ2n) is 7.72. The van der Waals surface area contributed by atoms with Crippen LogP contribution in [0.4, 0.5) is 0 Å². The van der Waals surface area contributed by atoms with Crippen molar-refractivity contribution in [3.8, 4) is 0 Å². The van der Waals surface area contributed by atoms with Crippen LogP contribution in [0.1, 0.15) is 91.4 Å². The van der Waals surface area contributed by atoms with E-state index in [1.54, 1.807) is 0 Å². The average Bonchev–Trinajstić information content (AvgIpc) is 2.55. The summed E-state index contributed by atoms with van der Waals surface area (Å²) >= 11 is 0. The van der Waals surface area contributed by atoms with Gasteiger partial charge in [0.2, 0.25) is 0 Å². The van der Waals surface area contributed by atoms with E-state index in [0.717, 1.165) is 44.9 Å². The van der Waals surface area contributed by atoms with E-state index in [2.05, 4.69) is 20.8 Å². The molecule has 4 heteroatoms. The molecule has 1 saturated carbocycles. The van der Waals surface area contributed by atoms with Crippen molar-refractivity contribution in [3.63, 3.8) is 0 Å². The van der Waals surface area contributed by atoms with E-state index in [9.17, 15) is 14.7 Å². The fourth-order valence-electron chi connectivity index (χ4n) is 3.58. The number of rotatable bonds is 11. The molecule has 0 aromatic carbocycles. The maximum Gasteiger partial charge on any atom is 0.310 e. The minimum Gasteiger partial charge on any atom is -0.481 e. The summed E-state index contributed by atoms with van der Waals surface area (Å²) in [7, 11) is 0. The molecule has 0 aromatic rings. The van der Waals surface area contributed by atoms with Crippen molar-refractivity contribution >= 4 is 11.9 Å². The summed E-state index contributed by atoms with van der Waals surface area (Å²) in [6, 6.07) is 0. The number of unbranched alkanes of at least 4 members (excludes halogenated alkanes) is 2. The molecule has 1 N–H and O–H groups in total. The quantitative estimate of drug-likeness (QED) is 0.415. The zero-order valence-corrected chi connectivity index (χ0v) is 15.8. The van der Waals surface area contributed by atoms with Gasteiger partial charge in [-0.05, 0) is 38.0 Å². The third kappa shape index (κ3) is 7.67. The fourth-order valence-corrected chi connectivity index (χ4v) is 3.58. The van der Waals surface area contributed by atoms with Gasteiger partial charge in [0, 0.05) is 0 Å². The van der Waals surface area contributed by atoms with Crippen molar-refractivity contribution in [2.24, 2.45) is 17.8 Å². The minimum absolute atomic E-state index is 0.0408. The highest BCUT2D eigenvalue weighted by Gasteiger charge is 2.37. The van der Waals surface area contributed by atoms with Crippen LogP contribution in [0.5, 0.6) is 0 Å². The number of hydrogen-bond acceptors (Lipinski definition) is 3. The molecular weight excluding hydrogens is 304 g/mol. The van der Waals surface area contributed by atoms with Gasteiger partial charge in [0.15, 0.2) is 0 Å². The number of ether oxygens (including phenoxy) is 1. The third-order valence-electron chi connectivity index (χ3n) is 5.11. The summed E-state index contributed by atoms with van der Waals surface area (Å²) in [5.74, 6) is -1.42. The first-order valence-corrected chi connectivity index (χ1v) is 9.89. The molecule has 1 rings (SSSR count). The van der Waals surface area contributed by atoms with Gasteiger partial charge >= 0.3 is 11.9 Å². The molecule has 0 spiro atoms. The molecule has 0 amide bonds. The van der Waals surface area contributed by atoms with Crippen LogP contribution in [0.15, 0.2) is 0 Å². The van der Waals surface area contributed by atoms with Crippen molar-refractivity contribution in [1.29, 1.82) is 0 Å². The predicted octanol–water partition coefficient (Wildman–Crippen LogP) is 5.20. The molecule has 1 aliphatic rings. The SMILES string of the molecule is CCCCC(CCCCC(C)C)OC(=O)C1CCCCC1C(=O)O. The molecule has 0 aromatic heterocycles. The topological polar surface area (TPSA) is 63.6 Å². The van der Waals surface area contributed by atoms with Crippen molar-refractivity contribution in [1.82, 2.24) is 0 Å². The van der Waals surface area contributed by atoms with E-state index in [-0.39, 0.29) is 12.1 Å². The van der Waals surface area contributed by atoms with Gasteiger partial charge in [0.1, 0.15) is 6.10 Å². The molecular formula is C20H36O4. The fraction of sp³-hybridized carbons (Fsp3) is 0.900. The van der Waals surface area contributed by atoms with Gasteiger partial charge in [0.05, 0.1) is 11.8 Å². The molecule has 140 valence electrons. The van der Waals surface area contributed by atoms with Crippen molar-refractivity contribution < 1.29 is 19.4 Å². The Morgan fingerprint density at radius 2 is 1.58 bits per heavy atom. The Balaban J connectivity index is 2.53. The standard InChI is InChI=1S/C20H36O4/c1-4-5-11-16(12-7-6-10-15(2)3)24-20(23)18-14-9-8-13-17(18)19(21)22/h15-18H,4-14H2,1-3H3,(H,21,22). The maximum atomic E-state index is 12.5. The number of esters is 1. The highest BCUT2D eigenvalue weighted by atomic mass is 16.5. The first-order chi connectivity index (χ1) is 11.5. The van der Waals surface area contributed by atoms with E-state index in [1.807, 2.05) is 0 Å². The Bertz CT molecular complexity index is 378. The van der Waals surface area contributed by atoms with Gasteiger partial charge in [-0.2, -0.15) is 0 Å². The van der Waals surface area contributed by atoms with Crippen LogP contribution in [0, 0.1) is 17.8 Å². The maximum absolute atomic E-state index is 12.5. The van der Waals surface area contributed by atoms with Gasteiger partial charge in [-0.3, -0.25) is 9.59 Å². The Morgan fingerprint density at radius 1 is 1.00 bits per heavy atom. The molecule has 0 radical (unpaired) electrons. The highest BCUT2D eigenvalue weighted by molar-refractivity contribution is 5.81. The Morgan fingerprint density at radius 3 is 2.17 bits per heavy atom. The first-order valence-electron chi connectivity index (χ1n) is 9.89. The van der Waals surface area contributed by atoms with E-state index in [4.69, 9.17) is 4.74 Å². The minimum atomic E-state index is -0.848. The van der Waals surface area contributed by atoms with Crippen LogP contribution in [0.3, 0.4) is 0 Å². The van der Waals surface area contributed by atoms with Gasteiger partial charge in [-0.15, -0.1) is 0 Å². The first kappa shape index (κ1) is 21.0. The molecule has 3 atom stereocenters. The third-order valence-corrected chi connectivity index (χ3v) is 5.11. The van der Waals surface area contributed by atoms with Crippen LogP contribution < -0.4 is 0 Å². The molecule has 0 bridgehead atoms. The number of carbonyl (C=O) groups excluding carboxylic acids is 1. The Labute approximate surface area is 147 Å². The zero-order chi connectivity index (χ0) is 17.9. The van der Waals surface area contributed by atoms with E-state index < -0.39 is 17.8 Å². The summed E-state index contributed by atoms with van der Waals surface area (Å²) in [6.45, 7) is 6.59. The van der Waals surface area contributed by atoms with Crippen molar-refractivity contribution in [2.75, 3.05) is 0 Å². The second-order valence-corrected chi connectivity index (χ2v) is 7.72.